The Hall–Kier alpha value is -7.94. The van der Waals surface area contributed by atoms with Crippen LogP contribution in [0.4, 0.5) is 0 Å². The molecule has 11 rings (SSSR count). The van der Waals surface area contributed by atoms with Gasteiger partial charge in [-0.15, -0.1) is 0 Å². The zero-order chi connectivity index (χ0) is 38.6. The van der Waals surface area contributed by atoms with Gasteiger partial charge in [0.05, 0.1) is 17.0 Å². The molecule has 1 aliphatic carbocycles. The Morgan fingerprint density at radius 1 is 0.379 bits per heavy atom. The number of rotatable bonds is 5. The highest BCUT2D eigenvalue weighted by Crippen LogP contribution is 2.63. The van der Waals surface area contributed by atoms with Gasteiger partial charge in [0, 0.05) is 27.8 Å². The van der Waals surface area contributed by atoms with Gasteiger partial charge in [-0.1, -0.05) is 164 Å². The smallest absolute Gasteiger partial charge is 0.164 e. The van der Waals surface area contributed by atoms with Gasteiger partial charge in [-0.2, -0.15) is 5.26 Å². The first kappa shape index (κ1) is 33.4. The first-order chi connectivity index (χ1) is 28.7. The number of benzene rings is 8. The van der Waals surface area contributed by atoms with Crippen LogP contribution in [0.2, 0.25) is 0 Å². The summed E-state index contributed by atoms with van der Waals surface area (Å²) in [5, 5.41) is 9.34. The van der Waals surface area contributed by atoms with Gasteiger partial charge in [-0.3, -0.25) is 0 Å². The van der Waals surface area contributed by atoms with E-state index in [1.807, 2.05) is 97.1 Å². The lowest BCUT2D eigenvalue weighted by Crippen LogP contribution is -2.32. The van der Waals surface area contributed by atoms with Crippen molar-refractivity contribution >= 4 is 0 Å². The van der Waals surface area contributed by atoms with Gasteiger partial charge < -0.3 is 4.74 Å². The lowest BCUT2D eigenvalue weighted by atomic mass is 9.66. The summed E-state index contributed by atoms with van der Waals surface area (Å²) >= 11 is 0. The van der Waals surface area contributed by atoms with Crippen molar-refractivity contribution in [2.45, 2.75) is 5.41 Å². The molecule has 2 aliphatic rings. The molecule has 5 nitrogen and oxygen atoms in total. The standard InChI is InChI=1S/C53H32N4O/c54-33-34-22-24-35(25-23-34)36-26-28-37(29-27-36)41-16-11-19-46-49(41)42-32-40(52-56-50(38-12-3-1-4-13-38)55-51(57-52)39-14-5-2-6-15-39)30-31-43(42)53(46)44-17-7-9-20-47(44)58-48-21-10-8-18-45(48)53/h1-32H. The number of hydrogen-bond acceptors (Lipinski definition) is 5. The molecular weight excluding hydrogens is 709 g/mol. The second-order valence-electron chi connectivity index (χ2n) is 14.6. The fourth-order valence-corrected chi connectivity index (χ4v) is 8.85. The molecule has 0 saturated heterocycles. The molecule has 9 aromatic rings. The summed E-state index contributed by atoms with van der Waals surface area (Å²) in [4.78, 5) is 15.2. The van der Waals surface area contributed by atoms with Crippen LogP contribution in [-0.2, 0) is 5.41 Å². The summed E-state index contributed by atoms with van der Waals surface area (Å²) in [7, 11) is 0. The van der Waals surface area contributed by atoms with Crippen LogP contribution in [0.5, 0.6) is 11.5 Å². The number of nitriles is 1. The Balaban J connectivity index is 1.16. The van der Waals surface area contributed by atoms with Crippen LogP contribution in [0, 0.1) is 11.3 Å². The normalized spacial score (nSPS) is 12.7. The van der Waals surface area contributed by atoms with Gasteiger partial charge in [-0.25, -0.2) is 15.0 Å². The van der Waals surface area contributed by atoms with E-state index >= 15 is 0 Å². The average Bonchev–Trinajstić information content (AvgIpc) is 3.59. The molecule has 0 unspecified atom stereocenters. The minimum atomic E-state index is -0.642. The molecule has 58 heavy (non-hydrogen) atoms. The molecule has 0 radical (unpaired) electrons. The maximum atomic E-state index is 9.34. The predicted octanol–water partition coefficient (Wildman–Crippen LogP) is 12.5. The van der Waals surface area contributed by atoms with Crippen molar-refractivity contribution in [2.24, 2.45) is 0 Å². The van der Waals surface area contributed by atoms with Crippen LogP contribution in [0.3, 0.4) is 0 Å². The molecule has 2 heterocycles. The predicted molar refractivity (Wildman–Crippen MR) is 229 cm³/mol. The topological polar surface area (TPSA) is 71.7 Å². The van der Waals surface area contributed by atoms with Gasteiger partial charge in [-0.05, 0) is 74.8 Å². The monoisotopic (exact) mass is 740 g/mol. The van der Waals surface area contributed by atoms with Crippen LogP contribution >= 0.6 is 0 Å². The highest BCUT2D eigenvalue weighted by atomic mass is 16.5. The SMILES string of the molecule is N#Cc1ccc(-c2ccc(-c3cccc4c3-c3cc(-c5nc(-c6ccccc6)nc(-c6ccccc6)n5)ccc3C43c4ccccc4Oc4ccccc43)cc2)cc1. The second-order valence-corrected chi connectivity index (χ2v) is 14.6. The molecule has 0 fully saturated rings. The van der Waals surface area contributed by atoms with Crippen molar-refractivity contribution < 1.29 is 4.74 Å². The quantitative estimate of drug-likeness (QED) is 0.176. The van der Waals surface area contributed by atoms with Gasteiger partial charge in [0.25, 0.3) is 0 Å². The molecule has 8 aromatic carbocycles. The Labute approximate surface area is 336 Å². The summed E-state index contributed by atoms with van der Waals surface area (Å²) < 4.78 is 6.64. The highest BCUT2D eigenvalue weighted by molar-refractivity contribution is 5.98. The molecule has 1 spiro atoms. The Morgan fingerprint density at radius 3 is 1.45 bits per heavy atom. The van der Waals surface area contributed by atoms with E-state index in [2.05, 4.69) is 103 Å². The number of aromatic nitrogens is 3. The fraction of sp³-hybridized carbons (Fsp3) is 0.0189. The molecular formula is C53H32N4O. The first-order valence-electron chi connectivity index (χ1n) is 19.3. The number of fused-ring (bicyclic) bond motifs is 9. The van der Waals surface area contributed by atoms with Crippen LogP contribution in [0.15, 0.2) is 194 Å². The van der Waals surface area contributed by atoms with Crippen LogP contribution < -0.4 is 4.74 Å². The third-order valence-electron chi connectivity index (χ3n) is 11.5. The Kier molecular flexibility index (Phi) is 7.70. The maximum Gasteiger partial charge on any atom is 0.164 e. The van der Waals surface area contributed by atoms with Crippen molar-refractivity contribution in [1.29, 1.82) is 5.26 Å². The Morgan fingerprint density at radius 2 is 0.862 bits per heavy atom. The lowest BCUT2D eigenvalue weighted by Gasteiger charge is -2.39. The van der Waals surface area contributed by atoms with Crippen LogP contribution in [0.25, 0.3) is 67.5 Å². The van der Waals surface area contributed by atoms with Crippen molar-refractivity contribution in [1.82, 2.24) is 15.0 Å². The van der Waals surface area contributed by atoms with Crippen LogP contribution in [-0.4, -0.2) is 15.0 Å². The van der Waals surface area contributed by atoms with E-state index in [9.17, 15) is 5.26 Å². The minimum Gasteiger partial charge on any atom is -0.457 e. The second kappa shape index (κ2) is 13.4. The molecule has 0 N–H and O–H groups in total. The van der Waals surface area contributed by atoms with E-state index < -0.39 is 5.41 Å². The summed E-state index contributed by atoms with van der Waals surface area (Å²) in [6, 6.07) is 69.2. The molecule has 0 atom stereocenters. The summed E-state index contributed by atoms with van der Waals surface area (Å²) in [6.07, 6.45) is 0. The molecule has 0 amide bonds. The zero-order valence-corrected chi connectivity index (χ0v) is 31.2. The third kappa shape index (κ3) is 5.20. The highest BCUT2D eigenvalue weighted by Gasteiger charge is 2.51. The number of para-hydroxylation sites is 2. The lowest BCUT2D eigenvalue weighted by molar-refractivity contribution is 0.436. The number of nitrogens with zero attached hydrogens (tertiary/aromatic N) is 4. The van der Waals surface area contributed by atoms with Gasteiger partial charge in [0.15, 0.2) is 17.5 Å². The van der Waals surface area contributed by atoms with Crippen molar-refractivity contribution in [3.63, 3.8) is 0 Å². The van der Waals surface area contributed by atoms with E-state index in [0.717, 1.165) is 72.7 Å². The molecule has 1 aromatic heterocycles. The van der Waals surface area contributed by atoms with Gasteiger partial charge in [0.1, 0.15) is 11.5 Å². The van der Waals surface area contributed by atoms with E-state index in [0.29, 0.717) is 23.0 Å². The van der Waals surface area contributed by atoms with Crippen molar-refractivity contribution in [2.75, 3.05) is 0 Å². The van der Waals surface area contributed by atoms with Gasteiger partial charge >= 0.3 is 0 Å². The summed E-state index contributed by atoms with van der Waals surface area (Å²) in [5.41, 5.74) is 14.0. The largest absolute Gasteiger partial charge is 0.457 e. The molecule has 0 bridgehead atoms. The first-order valence-corrected chi connectivity index (χ1v) is 19.3. The van der Waals surface area contributed by atoms with E-state index in [1.165, 1.54) is 11.1 Å². The molecule has 270 valence electrons. The van der Waals surface area contributed by atoms with E-state index in [4.69, 9.17) is 19.7 Å². The van der Waals surface area contributed by atoms with Gasteiger partial charge in [0.2, 0.25) is 0 Å². The van der Waals surface area contributed by atoms with E-state index in [1.54, 1.807) is 0 Å². The summed E-state index contributed by atoms with van der Waals surface area (Å²) in [6.45, 7) is 0. The zero-order valence-electron chi connectivity index (χ0n) is 31.2. The Bertz CT molecular complexity index is 2980. The molecule has 0 saturated carbocycles. The number of hydrogen-bond donors (Lipinski definition) is 0. The van der Waals surface area contributed by atoms with Crippen LogP contribution in [0.1, 0.15) is 27.8 Å². The fourth-order valence-electron chi connectivity index (χ4n) is 8.85. The van der Waals surface area contributed by atoms with Crippen molar-refractivity contribution in [3.05, 3.63) is 222 Å². The van der Waals surface area contributed by atoms with Crippen molar-refractivity contribution in [3.8, 4) is 85.1 Å². The van der Waals surface area contributed by atoms with E-state index in [-0.39, 0.29) is 0 Å². The minimum absolute atomic E-state index is 0.607. The average molecular weight is 741 g/mol. The maximum absolute atomic E-state index is 9.34. The third-order valence-corrected chi connectivity index (χ3v) is 11.5. The summed E-state index contributed by atoms with van der Waals surface area (Å²) in [5.74, 6) is 3.54. The molecule has 1 aliphatic heterocycles. The number of ether oxygens (including phenoxy) is 1. The molecule has 5 heteroatoms.